The summed E-state index contributed by atoms with van der Waals surface area (Å²) in [4.78, 5) is 28.3. The first-order chi connectivity index (χ1) is 16.0. The molecule has 1 aromatic heterocycles. The number of fused-ring (bicyclic) bond motifs is 1. The van der Waals surface area contributed by atoms with E-state index in [4.69, 9.17) is 0 Å². The van der Waals surface area contributed by atoms with Crippen LogP contribution in [0.1, 0.15) is 38.9 Å². The van der Waals surface area contributed by atoms with Gasteiger partial charge in [-0.15, -0.1) is 0 Å². The molecule has 0 N–H and O–H groups in total. The van der Waals surface area contributed by atoms with Gasteiger partial charge in [-0.25, -0.2) is 9.07 Å². The van der Waals surface area contributed by atoms with Crippen molar-refractivity contribution < 1.29 is 9.18 Å². The SMILES string of the molecule is Cc1cc(=O)c(C(=O)N2Cc3ccccc3CC2c2ccccc2)nn1-c1ccccc1F. The molecule has 1 unspecified atom stereocenters. The number of amides is 1. The predicted molar refractivity (Wildman–Crippen MR) is 124 cm³/mol. The number of para-hydroxylation sites is 1. The molecule has 6 heteroatoms. The highest BCUT2D eigenvalue weighted by Gasteiger charge is 2.33. The fourth-order valence-corrected chi connectivity index (χ4v) is 4.41. The van der Waals surface area contributed by atoms with E-state index in [0.717, 1.165) is 11.1 Å². The highest BCUT2D eigenvalue weighted by molar-refractivity contribution is 5.92. The third-order valence-electron chi connectivity index (χ3n) is 6.08. The van der Waals surface area contributed by atoms with E-state index in [1.54, 1.807) is 30.0 Å². The second kappa shape index (κ2) is 8.47. The topological polar surface area (TPSA) is 55.2 Å². The second-order valence-electron chi connectivity index (χ2n) is 8.19. The molecule has 0 saturated heterocycles. The van der Waals surface area contributed by atoms with Crippen molar-refractivity contribution in [1.29, 1.82) is 0 Å². The van der Waals surface area contributed by atoms with E-state index in [-0.39, 0.29) is 17.4 Å². The molecule has 164 valence electrons. The third kappa shape index (κ3) is 3.84. The van der Waals surface area contributed by atoms with E-state index in [9.17, 15) is 14.0 Å². The molecule has 5 rings (SSSR count). The van der Waals surface area contributed by atoms with Crippen LogP contribution >= 0.6 is 0 Å². The summed E-state index contributed by atoms with van der Waals surface area (Å²) in [5, 5.41) is 4.34. The van der Waals surface area contributed by atoms with Crippen LogP contribution in [0, 0.1) is 12.7 Å². The Morgan fingerprint density at radius 2 is 1.61 bits per heavy atom. The first-order valence-electron chi connectivity index (χ1n) is 10.8. The Morgan fingerprint density at radius 3 is 2.36 bits per heavy atom. The van der Waals surface area contributed by atoms with Crippen LogP contribution in [0.2, 0.25) is 0 Å². The molecule has 1 aliphatic rings. The maximum atomic E-state index is 14.5. The number of carbonyl (C=O) groups excluding carboxylic acids is 1. The van der Waals surface area contributed by atoms with Gasteiger partial charge in [-0.1, -0.05) is 66.7 Å². The lowest BCUT2D eigenvalue weighted by molar-refractivity contribution is 0.0628. The molecule has 0 radical (unpaired) electrons. The third-order valence-corrected chi connectivity index (χ3v) is 6.08. The lowest BCUT2D eigenvalue weighted by atomic mass is 9.89. The number of aryl methyl sites for hydroxylation is 1. The Hall–Kier alpha value is -4.06. The van der Waals surface area contributed by atoms with Gasteiger partial charge in [0, 0.05) is 18.3 Å². The van der Waals surface area contributed by atoms with E-state index in [1.165, 1.54) is 22.4 Å². The molecule has 5 nitrogen and oxygen atoms in total. The van der Waals surface area contributed by atoms with Crippen molar-refractivity contribution in [2.75, 3.05) is 0 Å². The zero-order chi connectivity index (χ0) is 22.9. The highest BCUT2D eigenvalue weighted by atomic mass is 19.1. The van der Waals surface area contributed by atoms with Crippen LogP contribution < -0.4 is 5.43 Å². The molecule has 1 atom stereocenters. The molecule has 3 aromatic carbocycles. The molecule has 1 amide bonds. The quantitative estimate of drug-likeness (QED) is 0.468. The van der Waals surface area contributed by atoms with Crippen molar-refractivity contribution in [3.63, 3.8) is 0 Å². The summed E-state index contributed by atoms with van der Waals surface area (Å²) < 4.78 is 15.8. The van der Waals surface area contributed by atoms with Crippen LogP contribution in [0.3, 0.4) is 0 Å². The summed E-state index contributed by atoms with van der Waals surface area (Å²) in [6.45, 7) is 2.03. The zero-order valence-electron chi connectivity index (χ0n) is 18.1. The van der Waals surface area contributed by atoms with Crippen LogP contribution in [0.4, 0.5) is 4.39 Å². The van der Waals surface area contributed by atoms with Gasteiger partial charge >= 0.3 is 0 Å². The molecule has 1 aliphatic heterocycles. The lowest BCUT2D eigenvalue weighted by Gasteiger charge is -2.37. The minimum Gasteiger partial charge on any atom is -0.325 e. The Labute approximate surface area is 190 Å². The van der Waals surface area contributed by atoms with Crippen molar-refractivity contribution >= 4 is 5.91 Å². The molecule has 0 aliphatic carbocycles. The molecule has 0 fully saturated rings. The summed E-state index contributed by atoms with van der Waals surface area (Å²) in [6, 6.07) is 25.0. The first-order valence-corrected chi connectivity index (χ1v) is 10.8. The highest BCUT2D eigenvalue weighted by Crippen LogP contribution is 2.34. The fraction of sp³-hybridized carbons (Fsp3) is 0.148. The number of hydrogen-bond donors (Lipinski definition) is 0. The van der Waals surface area contributed by atoms with Crippen LogP contribution in [0.5, 0.6) is 0 Å². The number of carbonyl (C=O) groups is 1. The molecular weight excluding hydrogens is 417 g/mol. The van der Waals surface area contributed by atoms with Crippen LogP contribution in [0.25, 0.3) is 5.69 Å². The summed E-state index contributed by atoms with van der Waals surface area (Å²) in [7, 11) is 0. The molecule has 0 spiro atoms. The van der Waals surface area contributed by atoms with E-state index < -0.39 is 17.2 Å². The van der Waals surface area contributed by atoms with Gasteiger partial charge in [0.25, 0.3) is 5.91 Å². The number of nitrogens with zero attached hydrogens (tertiary/aromatic N) is 3. The maximum Gasteiger partial charge on any atom is 0.279 e. The van der Waals surface area contributed by atoms with E-state index >= 15 is 0 Å². The van der Waals surface area contributed by atoms with E-state index in [0.29, 0.717) is 18.7 Å². The fourth-order valence-electron chi connectivity index (χ4n) is 4.41. The monoisotopic (exact) mass is 439 g/mol. The number of rotatable bonds is 3. The minimum absolute atomic E-state index is 0.188. The molecule has 4 aromatic rings. The molecular formula is C27H22FN3O2. The number of aromatic nitrogens is 2. The largest absolute Gasteiger partial charge is 0.325 e. The van der Waals surface area contributed by atoms with E-state index in [1.807, 2.05) is 48.5 Å². The van der Waals surface area contributed by atoms with Gasteiger partial charge < -0.3 is 4.90 Å². The van der Waals surface area contributed by atoms with Gasteiger partial charge in [0.15, 0.2) is 5.69 Å². The van der Waals surface area contributed by atoms with Crippen LogP contribution in [-0.2, 0) is 13.0 Å². The molecule has 2 heterocycles. The van der Waals surface area contributed by atoms with Gasteiger partial charge in [0.1, 0.15) is 11.5 Å². The zero-order valence-corrected chi connectivity index (χ0v) is 18.1. The predicted octanol–water partition coefficient (Wildman–Crippen LogP) is 4.62. The summed E-state index contributed by atoms with van der Waals surface area (Å²) >= 11 is 0. The number of hydrogen-bond acceptors (Lipinski definition) is 3. The standard InChI is InChI=1S/C27H22FN3O2/c1-18-15-25(32)26(29-31(18)23-14-8-7-13-22(23)28)27(33)30-17-21-12-6-5-11-20(21)16-24(30)19-9-3-2-4-10-19/h2-15,24H,16-17H2,1H3. The minimum atomic E-state index is -0.482. The van der Waals surface area contributed by atoms with E-state index in [2.05, 4.69) is 11.2 Å². The Kier molecular flexibility index (Phi) is 5.34. The smallest absolute Gasteiger partial charge is 0.279 e. The average Bonchev–Trinajstić information content (AvgIpc) is 2.84. The molecule has 33 heavy (non-hydrogen) atoms. The average molecular weight is 439 g/mol. The van der Waals surface area contributed by atoms with Crippen molar-refractivity contribution in [3.8, 4) is 5.69 Å². The Bertz CT molecular complexity index is 1400. The van der Waals surface area contributed by atoms with Gasteiger partial charge in [0.05, 0.1) is 6.04 Å². The van der Waals surface area contributed by atoms with Crippen molar-refractivity contribution in [2.45, 2.75) is 25.9 Å². The Balaban J connectivity index is 1.61. The first kappa shape index (κ1) is 20.8. The second-order valence-corrected chi connectivity index (χ2v) is 8.19. The Morgan fingerprint density at radius 1 is 0.939 bits per heavy atom. The van der Waals surface area contributed by atoms with Gasteiger partial charge in [-0.2, -0.15) is 5.10 Å². The molecule has 0 saturated carbocycles. The summed E-state index contributed by atoms with van der Waals surface area (Å²) in [6.07, 6.45) is 0.638. The normalized spacial score (nSPS) is 15.2. The summed E-state index contributed by atoms with van der Waals surface area (Å²) in [5.74, 6) is -0.947. The van der Waals surface area contributed by atoms with Crippen molar-refractivity contribution in [1.82, 2.24) is 14.7 Å². The number of halogens is 1. The van der Waals surface area contributed by atoms with Crippen molar-refractivity contribution in [3.05, 3.63) is 129 Å². The van der Waals surface area contributed by atoms with Gasteiger partial charge in [-0.05, 0) is 42.2 Å². The molecule has 0 bridgehead atoms. The van der Waals surface area contributed by atoms with Crippen molar-refractivity contribution in [2.24, 2.45) is 0 Å². The summed E-state index contributed by atoms with van der Waals surface area (Å²) in [5.41, 5.74) is 3.15. The lowest BCUT2D eigenvalue weighted by Crippen LogP contribution is -2.41. The van der Waals surface area contributed by atoms with Crippen LogP contribution in [0.15, 0.2) is 89.7 Å². The number of benzene rings is 3. The van der Waals surface area contributed by atoms with Gasteiger partial charge in [-0.3, -0.25) is 9.59 Å². The maximum absolute atomic E-state index is 14.5. The van der Waals surface area contributed by atoms with Gasteiger partial charge in [0.2, 0.25) is 5.43 Å². The van der Waals surface area contributed by atoms with Crippen LogP contribution in [-0.4, -0.2) is 20.6 Å².